The van der Waals surface area contributed by atoms with E-state index in [-0.39, 0.29) is 18.5 Å². The van der Waals surface area contributed by atoms with E-state index in [2.05, 4.69) is 55.6 Å². The average Bonchev–Trinajstić information content (AvgIpc) is 3.48. The molecule has 11 nitrogen and oxygen atoms in total. The van der Waals surface area contributed by atoms with Crippen LogP contribution in [0.2, 0.25) is 0 Å². The van der Waals surface area contributed by atoms with Crippen LogP contribution >= 0.6 is 0 Å². The number of hydrogen-bond donors (Lipinski definition) is 6. The van der Waals surface area contributed by atoms with Crippen molar-refractivity contribution in [3.05, 3.63) is 48.6 Å². The summed E-state index contributed by atoms with van der Waals surface area (Å²) in [7, 11) is 0. The van der Waals surface area contributed by atoms with E-state index in [4.69, 9.17) is 14.2 Å². The topological polar surface area (TPSA) is 175 Å². The summed E-state index contributed by atoms with van der Waals surface area (Å²) in [6.45, 7) is 4.30. The van der Waals surface area contributed by atoms with Crippen molar-refractivity contribution in [1.82, 2.24) is 5.32 Å². The fourth-order valence-corrected chi connectivity index (χ4v) is 10.8. The average molecular weight is 1160 g/mol. The Hall–Kier alpha value is -2.38. The lowest BCUT2D eigenvalue weighted by atomic mass is 9.99. The van der Waals surface area contributed by atoms with E-state index in [0.29, 0.717) is 19.4 Å². The number of nitrogens with one attached hydrogen (secondary N) is 1. The van der Waals surface area contributed by atoms with Crippen LogP contribution in [0.5, 0.6) is 0 Å². The highest BCUT2D eigenvalue weighted by molar-refractivity contribution is 5.76. The Morgan fingerprint density at radius 3 is 1.24 bits per heavy atom. The number of allylic oxidation sites excluding steroid dienone is 7. The number of aliphatic hydroxyl groups excluding tert-OH is 5. The molecular weight excluding hydrogens is 1030 g/mol. The molecule has 0 aromatic heterocycles. The second-order valence-electron chi connectivity index (χ2n) is 24.2. The van der Waals surface area contributed by atoms with Crippen molar-refractivity contribution in [3.63, 3.8) is 0 Å². The molecule has 0 radical (unpaired) electrons. The van der Waals surface area contributed by atoms with Crippen molar-refractivity contribution in [2.24, 2.45) is 0 Å². The van der Waals surface area contributed by atoms with Gasteiger partial charge < -0.3 is 45.1 Å². The molecule has 0 aromatic carbocycles. The fraction of sp³-hybridized carbons (Fsp3) is 0.859. The van der Waals surface area contributed by atoms with Crippen molar-refractivity contribution in [3.8, 4) is 0 Å². The third-order valence-corrected chi connectivity index (χ3v) is 16.4. The zero-order valence-corrected chi connectivity index (χ0v) is 53.2. The molecule has 1 fully saturated rings. The van der Waals surface area contributed by atoms with Gasteiger partial charge in [0.25, 0.3) is 0 Å². The fourth-order valence-electron chi connectivity index (χ4n) is 10.8. The van der Waals surface area contributed by atoms with Crippen LogP contribution in [-0.4, -0.2) is 100 Å². The Balaban J connectivity index is 1.98. The molecule has 6 N–H and O–H groups in total. The second kappa shape index (κ2) is 60.3. The number of unbranched alkanes of at least 4 members (excludes halogenated alkanes) is 41. The molecule has 0 saturated carbocycles. The third kappa shape index (κ3) is 48.8. The lowest BCUT2D eigenvalue weighted by Gasteiger charge is -2.40. The molecule has 0 aromatic rings. The first-order chi connectivity index (χ1) is 40.2. The molecule has 0 spiro atoms. The standard InChI is InChI=1S/C71H131NO10/c1-3-5-7-9-11-13-15-34-38-41-45-49-53-57-64(74)63(62-81-71-70(79)69(78)68(77)65(61-73)82-71)72-66(75)58-54-50-46-42-39-35-32-30-28-26-24-22-20-18-16-17-19-21-23-25-27-29-31-33-36-40-44-48-52-56-60-80-67(76)59-55-51-47-43-37-14-12-10-8-6-4-2/h10,12,17,19,38,41,53,57,63-65,68-71,73-74,77-79H,3-9,11,13-16,18,20-37,39-40,42-52,54-56,58-62H2,1-2H3,(H,72,75)/b12-10-,19-17-,41-38+,57-53+. The van der Waals surface area contributed by atoms with E-state index in [1.54, 1.807) is 6.08 Å². The summed E-state index contributed by atoms with van der Waals surface area (Å²) in [5.41, 5.74) is 0. The minimum Gasteiger partial charge on any atom is -0.466 e. The number of aliphatic hydroxyl groups is 5. The first-order valence-electron chi connectivity index (χ1n) is 34.9. The molecule has 1 aliphatic heterocycles. The van der Waals surface area contributed by atoms with Gasteiger partial charge in [0.15, 0.2) is 6.29 Å². The van der Waals surface area contributed by atoms with Gasteiger partial charge in [0.2, 0.25) is 5.91 Å². The molecule has 82 heavy (non-hydrogen) atoms. The Labute approximate surface area is 504 Å². The Kier molecular flexibility index (Phi) is 57.1. The zero-order chi connectivity index (χ0) is 59.5. The number of ether oxygens (including phenoxy) is 3. The van der Waals surface area contributed by atoms with Crippen molar-refractivity contribution in [1.29, 1.82) is 0 Å². The monoisotopic (exact) mass is 1160 g/mol. The van der Waals surface area contributed by atoms with Crippen molar-refractivity contribution in [2.75, 3.05) is 19.8 Å². The van der Waals surface area contributed by atoms with Crippen molar-refractivity contribution >= 4 is 11.9 Å². The third-order valence-electron chi connectivity index (χ3n) is 16.4. The molecule has 7 unspecified atom stereocenters. The molecule has 480 valence electrons. The van der Waals surface area contributed by atoms with E-state index in [1.807, 2.05) is 6.08 Å². The first-order valence-corrected chi connectivity index (χ1v) is 34.9. The van der Waals surface area contributed by atoms with Gasteiger partial charge in [-0.15, -0.1) is 0 Å². The molecule has 1 saturated heterocycles. The van der Waals surface area contributed by atoms with Crippen LogP contribution in [0.25, 0.3) is 0 Å². The van der Waals surface area contributed by atoms with Gasteiger partial charge in [-0.2, -0.15) is 0 Å². The van der Waals surface area contributed by atoms with Crippen LogP contribution < -0.4 is 5.32 Å². The Bertz CT molecular complexity index is 1500. The lowest BCUT2D eigenvalue weighted by Crippen LogP contribution is -2.60. The molecule has 11 heteroatoms. The number of carbonyl (C=O) groups is 2. The highest BCUT2D eigenvalue weighted by Gasteiger charge is 2.44. The van der Waals surface area contributed by atoms with Gasteiger partial charge in [0.1, 0.15) is 24.4 Å². The summed E-state index contributed by atoms with van der Waals surface area (Å²) in [6.07, 6.45) is 68.1. The highest BCUT2D eigenvalue weighted by Crippen LogP contribution is 2.23. The van der Waals surface area contributed by atoms with Crippen molar-refractivity contribution in [2.45, 2.75) is 371 Å². The Morgan fingerprint density at radius 2 is 0.805 bits per heavy atom. The predicted molar refractivity (Wildman–Crippen MR) is 343 cm³/mol. The second-order valence-corrected chi connectivity index (χ2v) is 24.2. The van der Waals surface area contributed by atoms with E-state index in [1.165, 1.54) is 244 Å². The molecule has 1 aliphatic rings. The maximum Gasteiger partial charge on any atom is 0.305 e. The van der Waals surface area contributed by atoms with Crippen molar-refractivity contribution < 1.29 is 49.3 Å². The summed E-state index contributed by atoms with van der Waals surface area (Å²) >= 11 is 0. The van der Waals surface area contributed by atoms with Crippen LogP contribution in [0, 0.1) is 0 Å². The summed E-state index contributed by atoms with van der Waals surface area (Å²) < 4.78 is 16.7. The first kappa shape index (κ1) is 77.6. The smallest absolute Gasteiger partial charge is 0.305 e. The quantitative estimate of drug-likeness (QED) is 0.0195. The van der Waals surface area contributed by atoms with E-state index in [9.17, 15) is 35.1 Å². The number of hydrogen-bond acceptors (Lipinski definition) is 10. The van der Waals surface area contributed by atoms with E-state index in [0.717, 1.165) is 57.8 Å². The van der Waals surface area contributed by atoms with Crippen LogP contribution in [0.15, 0.2) is 48.6 Å². The van der Waals surface area contributed by atoms with E-state index < -0.39 is 49.5 Å². The summed E-state index contributed by atoms with van der Waals surface area (Å²) in [4.78, 5) is 25.1. The number of amides is 1. The maximum absolute atomic E-state index is 13.1. The van der Waals surface area contributed by atoms with Gasteiger partial charge in [-0.05, 0) is 89.9 Å². The molecule has 1 rings (SSSR count). The van der Waals surface area contributed by atoms with Gasteiger partial charge >= 0.3 is 5.97 Å². The summed E-state index contributed by atoms with van der Waals surface area (Å²) in [5, 5.41) is 54.5. The van der Waals surface area contributed by atoms with Crippen LogP contribution in [0.1, 0.15) is 328 Å². The zero-order valence-electron chi connectivity index (χ0n) is 53.2. The van der Waals surface area contributed by atoms with Gasteiger partial charge in [-0.3, -0.25) is 9.59 Å². The summed E-state index contributed by atoms with van der Waals surface area (Å²) in [6, 6.07) is -0.827. The highest BCUT2D eigenvalue weighted by atomic mass is 16.7. The number of carbonyl (C=O) groups excluding carboxylic acids is 2. The summed E-state index contributed by atoms with van der Waals surface area (Å²) in [5.74, 6) is -0.192. The SMILES string of the molecule is CCCC/C=C\CCCCCCCC(=O)OCCCCCCCCCCCCCC/C=C\CCCCCCCCCCCCCCCCC(=O)NC(COC1OC(CO)C(O)C(O)C1O)C(O)/C=C/CC/C=C/CCCCCCCCC. The molecule has 0 bridgehead atoms. The Morgan fingerprint density at radius 1 is 0.439 bits per heavy atom. The minimum absolute atomic E-state index is 0.00268. The molecule has 1 amide bonds. The lowest BCUT2D eigenvalue weighted by molar-refractivity contribution is -0.302. The van der Waals surface area contributed by atoms with Gasteiger partial charge in [-0.25, -0.2) is 0 Å². The van der Waals surface area contributed by atoms with Crippen LogP contribution in [-0.2, 0) is 23.8 Å². The number of rotatable bonds is 61. The molecule has 1 heterocycles. The van der Waals surface area contributed by atoms with Gasteiger partial charge in [0, 0.05) is 12.8 Å². The normalized spacial score (nSPS) is 18.5. The maximum atomic E-state index is 13.1. The number of esters is 1. The molecular formula is C71H131NO10. The van der Waals surface area contributed by atoms with Crippen LogP contribution in [0.4, 0.5) is 0 Å². The minimum atomic E-state index is -1.58. The van der Waals surface area contributed by atoms with E-state index >= 15 is 0 Å². The molecule has 0 aliphatic carbocycles. The predicted octanol–water partition coefficient (Wildman–Crippen LogP) is 17.6. The largest absolute Gasteiger partial charge is 0.466 e. The van der Waals surface area contributed by atoms with Crippen LogP contribution in [0.3, 0.4) is 0 Å². The van der Waals surface area contributed by atoms with Gasteiger partial charge in [-0.1, -0.05) is 274 Å². The van der Waals surface area contributed by atoms with Gasteiger partial charge in [0.05, 0.1) is 32.0 Å². The molecule has 7 atom stereocenters.